The van der Waals surface area contributed by atoms with Crippen LogP contribution in [-0.2, 0) is 11.8 Å². The first-order valence-corrected chi connectivity index (χ1v) is 5.45. The van der Waals surface area contributed by atoms with Gasteiger partial charge in [0.1, 0.15) is 0 Å². The van der Waals surface area contributed by atoms with Crippen LogP contribution in [0.3, 0.4) is 0 Å². The summed E-state index contributed by atoms with van der Waals surface area (Å²) < 4.78 is 1.45. The van der Waals surface area contributed by atoms with Gasteiger partial charge in [-0.1, -0.05) is 20.4 Å². The monoisotopic (exact) mass is 237 g/mol. The first-order valence-electron chi connectivity index (χ1n) is 5.45. The van der Waals surface area contributed by atoms with Crippen LogP contribution >= 0.6 is 0 Å². The molecular weight excluding hydrogens is 218 g/mol. The third-order valence-electron chi connectivity index (χ3n) is 2.45. The molecule has 0 saturated heterocycles. The number of aromatic nitrogens is 3. The van der Waals surface area contributed by atoms with E-state index < -0.39 is 0 Å². The van der Waals surface area contributed by atoms with Crippen LogP contribution in [0.25, 0.3) is 0 Å². The zero-order chi connectivity index (χ0) is 13.2. The van der Waals surface area contributed by atoms with Gasteiger partial charge in [-0.2, -0.15) is 4.98 Å². The number of hydrogen-bond acceptors (Lipinski definition) is 5. The SMILES string of the molecule is C=C(C)C(=O)[C@@H](Nc1nc(N)n(C)n1)C(C)C. The van der Waals surface area contributed by atoms with E-state index in [1.807, 2.05) is 13.8 Å². The lowest BCUT2D eigenvalue weighted by Crippen LogP contribution is -2.35. The van der Waals surface area contributed by atoms with Gasteiger partial charge in [-0.05, 0) is 18.4 Å². The van der Waals surface area contributed by atoms with E-state index in [0.29, 0.717) is 17.5 Å². The number of carbonyl (C=O) groups is 1. The summed E-state index contributed by atoms with van der Waals surface area (Å²) in [6.45, 7) is 9.25. The summed E-state index contributed by atoms with van der Waals surface area (Å²) in [6, 6.07) is -0.380. The minimum atomic E-state index is -0.380. The lowest BCUT2D eigenvalue weighted by molar-refractivity contribution is -0.117. The number of nitrogens with two attached hydrogens (primary N) is 1. The van der Waals surface area contributed by atoms with E-state index in [2.05, 4.69) is 22.0 Å². The summed E-state index contributed by atoms with van der Waals surface area (Å²) in [5, 5.41) is 7.05. The predicted octanol–water partition coefficient (Wildman–Crippen LogP) is 0.979. The fourth-order valence-corrected chi connectivity index (χ4v) is 1.40. The first-order chi connectivity index (χ1) is 7.82. The zero-order valence-electron chi connectivity index (χ0n) is 10.7. The van der Waals surface area contributed by atoms with E-state index >= 15 is 0 Å². The molecule has 94 valence electrons. The molecule has 0 saturated carbocycles. The normalized spacial score (nSPS) is 12.5. The Balaban J connectivity index is 2.87. The molecule has 0 fully saturated rings. The second-order valence-electron chi connectivity index (χ2n) is 4.43. The summed E-state index contributed by atoms with van der Waals surface area (Å²) >= 11 is 0. The van der Waals surface area contributed by atoms with Crippen LogP contribution in [0, 0.1) is 5.92 Å². The van der Waals surface area contributed by atoms with Crippen molar-refractivity contribution >= 4 is 17.7 Å². The Labute approximate surface area is 101 Å². The van der Waals surface area contributed by atoms with Crippen LogP contribution in [0.2, 0.25) is 0 Å². The maximum absolute atomic E-state index is 11.9. The highest BCUT2D eigenvalue weighted by molar-refractivity contribution is 6.00. The van der Waals surface area contributed by atoms with E-state index in [0.717, 1.165) is 0 Å². The number of nitrogens with zero attached hydrogens (tertiary/aromatic N) is 3. The maximum Gasteiger partial charge on any atom is 0.244 e. The quantitative estimate of drug-likeness (QED) is 0.745. The Bertz CT molecular complexity index is 416. The number of nitrogens with one attached hydrogen (secondary N) is 1. The van der Waals surface area contributed by atoms with Crippen molar-refractivity contribution in [2.75, 3.05) is 11.1 Å². The number of ketones is 1. The van der Waals surface area contributed by atoms with Crippen molar-refractivity contribution in [3.05, 3.63) is 12.2 Å². The van der Waals surface area contributed by atoms with Gasteiger partial charge in [0.2, 0.25) is 11.9 Å². The minimum absolute atomic E-state index is 0.0361. The van der Waals surface area contributed by atoms with Gasteiger partial charge in [-0.15, -0.1) is 5.10 Å². The topological polar surface area (TPSA) is 85.8 Å². The zero-order valence-corrected chi connectivity index (χ0v) is 10.7. The lowest BCUT2D eigenvalue weighted by atomic mass is 9.96. The molecule has 1 aromatic rings. The highest BCUT2D eigenvalue weighted by Gasteiger charge is 2.23. The molecule has 6 nitrogen and oxygen atoms in total. The van der Waals surface area contributed by atoms with Gasteiger partial charge in [-0.25, -0.2) is 4.68 Å². The number of nitrogen functional groups attached to an aromatic ring is 1. The van der Waals surface area contributed by atoms with Gasteiger partial charge in [0, 0.05) is 7.05 Å². The molecule has 1 heterocycles. The molecule has 0 aromatic carbocycles. The van der Waals surface area contributed by atoms with Gasteiger partial charge in [0.25, 0.3) is 0 Å². The third-order valence-corrected chi connectivity index (χ3v) is 2.45. The van der Waals surface area contributed by atoms with Crippen molar-refractivity contribution in [3.8, 4) is 0 Å². The third kappa shape index (κ3) is 3.05. The lowest BCUT2D eigenvalue weighted by Gasteiger charge is -2.20. The smallest absolute Gasteiger partial charge is 0.244 e. The van der Waals surface area contributed by atoms with E-state index in [4.69, 9.17) is 5.73 Å². The largest absolute Gasteiger partial charge is 0.368 e. The number of rotatable bonds is 5. The maximum atomic E-state index is 11.9. The van der Waals surface area contributed by atoms with Gasteiger partial charge >= 0.3 is 0 Å². The highest BCUT2D eigenvalue weighted by Crippen LogP contribution is 2.13. The Kier molecular flexibility index (Phi) is 3.88. The minimum Gasteiger partial charge on any atom is -0.368 e. The molecule has 0 aliphatic rings. The highest BCUT2D eigenvalue weighted by atomic mass is 16.1. The number of anilines is 2. The van der Waals surface area contributed by atoms with Crippen molar-refractivity contribution in [1.29, 1.82) is 0 Å². The second-order valence-corrected chi connectivity index (χ2v) is 4.43. The van der Waals surface area contributed by atoms with Crippen LogP contribution in [-0.4, -0.2) is 26.6 Å². The Morgan fingerprint density at radius 3 is 2.47 bits per heavy atom. The van der Waals surface area contributed by atoms with Gasteiger partial charge in [0.15, 0.2) is 5.78 Å². The van der Waals surface area contributed by atoms with Crippen molar-refractivity contribution < 1.29 is 4.79 Å². The van der Waals surface area contributed by atoms with Crippen LogP contribution in [0.4, 0.5) is 11.9 Å². The molecule has 0 radical (unpaired) electrons. The van der Waals surface area contributed by atoms with Crippen molar-refractivity contribution in [2.45, 2.75) is 26.8 Å². The van der Waals surface area contributed by atoms with Crippen molar-refractivity contribution in [2.24, 2.45) is 13.0 Å². The summed E-state index contributed by atoms with van der Waals surface area (Å²) in [4.78, 5) is 15.9. The molecule has 1 aromatic heterocycles. The number of carbonyl (C=O) groups excluding carboxylic acids is 1. The van der Waals surface area contributed by atoms with E-state index in [9.17, 15) is 4.79 Å². The average molecular weight is 237 g/mol. The van der Waals surface area contributed by atoms with E-state index in [1.54, 1.807) is 14.0 Å². The molecule has 0 spiro atoms. The van der Waals surface area contributed by atoms with Crippen LogP contribution in [0.5, 0.6) is 0 Å². The van der Waals surface area contributed by atoms with Crippen LogP contribution in [0.15, 0.2) is 12.2 Å². The summed E-state index contributed by atoms with van der Waals surface area (Å²) in [7, 11) is 1.69. The Morgan fingerprint density at radius 2 is 2.12 bits per heavy atom. The molecule has 6 heteroatoms. The molecule has 1 atom stereocenters. The standard InChI is InChI=1S/C11H19N5O/c1-6(2)8(9(17)7(3)4)13-11-14-10(12)16(5)15-11/h6,8H,3H2,1-2,4-5H3,(H3,12,13,14,15)/t8-/m0/s1. The number of aryl methyl sites for hydroxylation is 1. The molecule has 0 amide bonds. The molecule has 0 aliphatic carbocycles. The number of hydrogen-bond donors (Lipinski definition) is 2. The molecule has 0 aliphatic heterocycles. The van der Waals surface area contributed by atoms with Crippen LogP contribution in [0.1, 0.15) is 20.8 Å². The van der Waals surface area contributed by atoms with Gasteiger partial charge in [0.05, 0.1) is 6.04 Å². The molecule has 0 bridgehead atoms. The fraction of sp³-hybridized carbons (Fsp3) is 0.545. The van der Waals surface area contributed by atoms with Crippen molar-refractivity contribution in [1.82, 2.24) is 14.8 Å². The first kappa shape index (κ1) is 13.2. The molecule has 17 heavy (non-hydrogen) atoms. The van der Waals surface area contributed by atoms with E-state index in [-0.39, 0.29) is 17.7 Å². The number of Topliss-reactive ketones (excluding diaryl/α,β-unsaturated/α-hetero) is 1. The van der Waals surface area contributed by atoms with Gasteiger partial charge in [-0.3, -0.25) is 4.79 Å². The molecule has 0 unspecified atom stereocenters. The summed E-state index contributed by atoms with van der Waals surface area (Å²) in [5.74, 6) is 0.742. The summed E-state index contributed by atoms with van der Waals surface area (Å²) in [5.41, 5.74) is 6.09. The molecule has 3 N–H and O–H groups in total. The van der Waals surface area contributed by atoms with Crippen molar-refractivity contribution in [3.63, 3.8) is 0 Å². The molecular formula is C11H19N5O. The summed E-state index contributed by atoms with van der Waals surface area (Å²) in [6.07, 6.45) is 0. The average Bonchev–Trinajstić information content (AvgIpc) is 2.53. The van der Waals surface area contributed by atoms with E-state index in [1.165, 1.54) is 4.68 Å². The molecule has 1 rings (SSSR count). The second kappa shape index (κ2) is 4.99. The van der Waals surface area contributed by atoms with Crippen LogP contribution < -0.4 is 11.1 Å². The Morgan fingerprint density at radius 1 is 1.53 bits per heavy atom. The fourth-order valence-electron chi connectivity index (χ4n) is 1.40. The van der Waals surface area contributed by atoms with Gasteiger partial charge < -0.3 is 11.1 Å². The Hall–Kier alpha value is -1.85. The predicted molar refractivity (Wildman–Crippen MR) is 67.5 cm³/mol.